The van der Waals surface area contributed by atoms with E-state index in [0.29, 0.717) is 28.4 Å². The number of nitrogen functional groups attached to an aromatic ring is 1. The first-order chi connectivity index (χ1) is 10.0. The molecule has 0 heterocycles. The molecule has 2 aromatic rings. The standard InChI is InChI=1S/C15H15BrN2O3/c1-20-11-5-9(6-12(8-11)21-2)15(19)18-14-4-3-10(16)7-13(14)17/h3-8H,17H2,1-2H3,(H,18,19). The molecule has 3 N–H and O–H groups in total. The van der Waals surface area contributed by atoms with Crippen LogP contribution in [0.25, 0.3) is 0 Å². The maximum Gasteiger partial charge on any atom is 0.255 e. The average molecular weight is 351 g/mol. The van der Waals surface area contributed by atoms with E-state index in [0.717, 1.165) is 4.47 Å². The Bertz CT molecular complexity index is 652. The van der Waals surface area contributed by atoms with Crippen LogP contribution >= 0.6 is 15.9 Å². The quantitative estimate of drug-likeness (QED) is 0.829. The summed E-state index contributed by atoms with van der Waals surface area (Å²) in [6.45, 7) is 0. The Morgan fingerprint density at radius 1 is 1.10 bits per heavy atom. The van der Waals surface area contributed by atoms with Gasteiger partial charge in [0.1, 0.15) is 11.5 Å². The number of amides is 1. The van der Waals surface area contributed by atoms with Gasteiger partial charge in [0.15, 0.2) is 0 Å². The highest BCUT2D eigenvalue weighted by Crippen LogP contribution is 2.26. The van der Waals surface area contributed by atoms with Crippen LogP contribution < -0.4 is 20.5 Å². The number of anilines is 2. The first-order valence-electron chi connectivity index (χ1n) is 6.13. The summed E-state index contributed by atoms with van der Waals surface area (Å²) in [5.74, 6) is 0.799. The van der Waals surface area contributed by atoms with E-state index in [9.17, 15) is 4.79 Å². The van der Waals surface area contributed by atoms with Gasteiger partial charge in [-0.15, -0.1) is 0 Å². The molecule has 0 saturated carbocycles. The molecular weight excluding hydrogens is 336 g/mol. The molecule has 0 aromatic heterocycles. The normalized spacial score (nSPS) is 10.0. The van der Waals surface area contributed by atoms with Crippen molar-refractivity contribution in [1.82, 2.24) is 0 Å². The van der Waals surface area contributed by atoms with Crippen LogP contribution in [0.3, 0.4) is 0 Å². The third kappa shape index (κ3) is 3.66. The Morgan fingerprint density at radius 2 is 1.71 bits per heavy atom. The van der Waals surface area contributed by atoms with Crippen molar-refractivity contribution in [2.45, 2.75) is 0 Å². The minimum absolute atomic E-state index is 0.291. The van der Waals surface area contributed by atoms with Gasteiger partial charge in [-0.25, -0.2) is 0 Å². The molecule has 0 fully saturated rings. The largest absolute Gasteiger partial charge is 0.497 e. The zero-order valence-electron chi connectivity index (χ0n) is 11.6. The lowest BCUT2D eigenvalue weighted by Crippen LogP contribution is -2.13. The summed E-state index contributed by atoms with van der Waals surface area (Å²) >= 11 is 3.32. The van der Waals surface area contributed by atoms with E-state index in [1.807, 2.05) is 0 Å². The molecule has 0 aliphatic rings. The summed E-state index contributed by atoms with van der Waals surface area (Å²) in [6.07, 6.45) is 0. The van der Waals surface area contributed by atoms with Gasteiger partial charge in [-0.05, 0) is 30.3 Å². The number of methoxy groups -OCH3 is 2. The Balaban J connectivity index is 2.27. The van der Waals surface area contributed by atoms with Gasteiger partial charge < -0.3 is 20.5 Å². The van der Waals surface area contributed by atoms with Crippen molar-refractivity contribution in [3.8, 4) is 11.5 Å². The Morgan fingerprint density at radius 3 is 2.24 bits per heavy atom. The van der Waals surface area contributed by atoms with Crippen LogP contribution in [-0.4, -0.2) is 20.1 Å². The minimum Gasteiger partial charge on any atom is -0.497 e. The third-order valence-corrected chi connectivity index (χ3v) is 3.37. The number of rotatable bonds is 4. The van der Waals surface area contributed by atoms with Crippen molar-refractivity contribution in [3.05, 3.63) is 46.4 Å². The van der Waals surface area contributed by atoms with Crippen LogP contribution in [0.2, 0.25) is 0 Å². The lowest BCUT2D eigenvalue weighted by Gasteiger charge is -2.11. The number of carbonyl (C=O) groups is 1. The lowest BCUT2D eigenvalue weighted by molar-refractivity contribution is 0.102. The lowest BCUT2D eigenvalue weighted by atomic mass is 10.1. The van der Waals surface area contributed by atoms with Crippen molar-refractivity contribution in [2.24, 2.45) is 0 Å². The van der Waals surface area contributed by atoms with Crippen molar-refractivity contribution >= 4 is 33.2 Å². The summed E-state index contributed by atoms with van der Waals surface area (Å²) in [7, 11) is 3.06. The van der Waals surface area contributed by atoms with Crippen molar-refractivity contribution in [3.63, 3.8) is 0 Å². The van der Waals surface area contributed by atoms with E-state index < -0.39 is 0 Å². The summed E-state index contributed by atoms with van der Waals surface area (Å²) in [4.78, 5) is 12.3. The van der Waals surface area contributed by atoms with Gasteiger partial charge in [-0.1, -0.05) is 15.9 Å². The van der Waals surface area contributed by atoms with Gasteiger partial charge in [0.25, 0.3) is 5.91 Å². The number of hydrogen-bond donors (Lipinski definition) is 2. The second-order valence-corrected chi connectivity index (χ2v) is 5.20. The average Bonchev–Trinajstić information content (AvgIpc) is 2.49. The Hall–Kier alpha value is -2.21. The molecule has 0 unspecified atom stereocenters. The van der Waals surface area contributed by atoms with Gasteiger partial charge in [-0.3, -0.25) is 4.79 Å². The molecule has 2 aromatic carbocycles. The van der Waals surface area contributed by atoms with Crippen LogP contribution in [0.4, 0.5) is 11.4 Å². The van der Waals surface area contributed by atoms with E-state index in [-0.39, 0.29) is 5.91 Å². The number of hydrogen-bond acceptors (Lipinski definition) is 4. The topological polar surface area (TPSA) is 73.6 Å². The summed E-state index contributed by atoms with van der Waals surface area (Å²) < 4.78 is 11.1. The molecule has 0 saturated heterocycles. The van der Waals surface area contributed by atoms with Gasteiger partial charge >= 0.3 is 0 Å². The van der Waals surface area contributed by atoms with Gasteiger partial charge in [0, 0.05) is 16.1 Å². The highest BCUT2D eigenvalue weighted by atomic mass is 79.9. The molecule has 2 rings (SSSR count). The van der Waals surface area contributed by atoms with Gasteiger partial charge in [0.05, 0.1) is 25.6 Å². The van der Waals surface area contributed by atoms with E-state index in [1.54, 1.807) is 36.4 Å². The molecule has 0 atom stereocenters. The number of halogens is 1. The number of benzene rings is 2. The van der Waals surface area contributed by atoms with E-state index in [4.69, 9.17) is 15.2 Å². The van der Waals surface area contributed by atoms with Gasteiger partial charge in [-0.2, -0.15) is 0 Å². The zero-order chi connectivity index (χ0) is 15.4. The third-order valence-electron chi connectivity index (χ3n) is 2.88. The molecule has 1 amide bonds. The molecule has 0 aliphatic carbocycles. The van der Waals surface area contributed by atoms with Crippen molar-refractivity contribution < 1.29 is 14.3 Å². The highest BCUT2D eigenvalue weighted by Gasteiger charge is 2.11. The predicted octanol–water partition coefficient (Wildman–Crippen LogP) is 3.30. The van der Waals surface area contributed by atoms with Gasteiger partial charge in [0.2, 0.25) is 0 Å². The first kappa shape index (κ1) is 15.2. The summed E-state index contributed by atoms with van der Waals surface area (Å²) in [6, 6.07) is 10.2. The molecule has 110 valence electrons. The van der Waals surface area contributed by atoms with E-state index >= 15 is 0 Å². The monoisotopic (exact) mass is 350 g/mol. The maximum atomic E-state index is 12.3. The minimum atomic E-state index is -0.291. The van der Waals surface area contributed by atoms with Crippen LogP contribution in [-0.2, 0) is 0 Å². The Labute approximate surface area is 131 Å². The highest BCUT2D eigenvalue weighted by molar-refractivity contribution is 9.10. The second kappa shape index (κ2) is 6.49. The van der Waals surface area contributed by atoms with Crippen LogP contribution in [0, 0.1) is 0 Å². The zero-order valence-corrected chi connectivity index (χ0v) is 13.2. The predicted molar refractivity (Wildman–Crippen MR) is 86.1 cm³/mol. The number of carbonyl (C=O) groups excluding carboxylic acids is 1. The molecule has 21 heavy (non-hydrogen) atoms. The van der Waals surface area contributed by atoms with Crippen molar-refractivity contribution in [2.75, 3.05) is 25.3 Å². The smallest absolute Gasteiger partial charge is 0.255 e. The Kier molecular flexibility index (Phi) is 4.70. The fraction of sp³-hybridized carbons (Fsp3) is 0.133. The second-order valence-electron chi connectivity index (χ2n) is 4.29. The summed E-state index contributed by atoms with van der Waals surface area (Å²) in [5, 5.41) is 2.76. The summed E-state index contributed by atoms with van der Waals surface area (Å²) in [5.41, 5.74) is 7.32. The molecular formula is C15H15BrN2O3. The number of nitrogens with one attached hydrogen (secondary N) is 1. The first-order valence-corrected chi connectivity index (χ1v) is 6.92. The van der Waals surface area contributed by atoms with Crippen LogP contribution in [0.5, 0.6) is 11.5 Å². The van der Waals surface area contributed by atoms with Crippen LogP contribution in [0.1, 0.15) is 10.4 Å². The molecule has 0 aliphatic heterocycles. The van der Waals surface area contributed by atoms with E-state index in [1.165, 1.54) is 14.2 Å². The van der Waals surface area contributed by atoms with Crippen molar-refractivity contribution in [1.29, 1.82) is 0 Å². The molecule has 0 spiro atoms. The maximum absolute atomic E-state index is 12.3. The molecule has 0 bridgehead atoms. The fourth-order valence-corrected chi connectivity index (χ4v) is 2.16. The fourth-order valence-electron chi connectivity index (χ4n) is 1.78. The number of ether oxygens (including phenoxy) is 2. The van der Waals surface area contributed by atoms with Crippen LogP contribution in [0.15, 0.2) is 40.9 Å². The molecule has 0 radical (unpaired) electrons. The van der Waals surface area contributed by atoms with E-state index in [2.05, 4.69) is 21.2 Å². The SMILES string of the molecule is COc1cc(OC)cc(C(=O)Nc2ccc(Br)cc2N)c1. The number of nitrogens with two attached hydrogens (primary N) is 1. The molecule has 5 nitrogen and oxygen atoms in total. The molecule has 6 heteroatoms.